The Bertz CT molecular complexity index is 1710. The highest BCUT2D eigenvalue weighted by molar-refractivity contribution is 6.30. The summed E-state index contributed by atoms with van der Waals surface area (Å²) in [7, 11) is 0. The third-order valence-electron chi connectivity index (χ3n) is 6.62. The number of carbonyl (C=O) groups is 3. The Labute approximate surface area is 249 Å². The predicted octanol–water partition coefficient (Wildman–Crippen LogP) is 5.09. The molecule has 10 nitrogen and oxygen atoms in total. The molecule has 0 aliphatic heterocycles. The van der Waals surface area contributed by atoms with E-state index in [9.17, 15) is 23.9 Å². The first-order valence-electron chi connectivity index (χ1n) is 12.7. The second kappa shape index (κ2) is 13.1. The number of nitrogens with two attached hydrogens (primary N) is 1. The number of amides is 1. The van der Waals surface area contributed by atoms with Gasteiger partial charge in [0.15, 0.2) is 16.5 Å². The van der Waals surface area contributed by atoms with Crippen molar-refractivity contribution in [3.8, 4) is 0 Å². The fourth-order valence-electron chi connectivity index (χ4n) is 4.58. The van der Waals surface area contributed by atoms with Crippen LogP contribution in [-0.2, 0) is 17.7 Å². The topological polar surface area (TPSA) is 149 Å². The lowest BCUT2D eigenvalue weighted by Gasteiger charge is -2.16. The maximum absolute atomic E-state index is 13.1. The minimum Gasteiger partial charge on any atom is -0.477 e. The van der Waals surface area contributed by atoms with Crippen LogP contribution in [0.25, 0.3) is 5.65 Å². The zero-order valence-corrected chi connectivity index (χ0v) is 23.9. The Morgan fingerprint density at radius 2 is 2.00 bits per heavy atom. The number of aromatic carboxylic acids is 1. The van der Waals surface area contributed by atoms with Crippen molar-refractivity contribution < 1.29 is 28.6 Å². The molecule has 4 N–H and O–H groups in total. The summed E-state index contributed by atoms with van der Waals surface area (Å²) in [5.41, 5.74) is 9.18. The number of ether oxygens (including phenoxy) is 1. The molecule has 2 heterocycles. The van der Waals surface area contributed by atoms with Crippen LogP contribution in [0.3, 0.4) is 0 Å². The average Bonchev–Trinajstić information content (AvgIpc) is 3.55. The number of nitrogens with zero attached hydrogens (tertiary/aromatic N) is 3. The average molecular weight is 614 g/mol. The van der Waals surface area contributed by atoms with E-state index < -0.39 is 23.7 Å². The van der Waals surface area contributed by atoms with Gasteiger partial charge in [0.2, 0.25) is 0 Å². The molecule has 0 fully saturated rings. The third kappa shape index (κ3) is 6.59. The van der Waals surface area contributed by atoms with E-state index in [2.05, 4.69) is 22.0 Å². The number of aromatic nitrogens is 3. The number of carboxylic acid groups (broad SMARTS) is 1. The Kier molecular flexibility index (Phi) is 9.56. The summed E-state index contributed by atoms with van der Waals surface area (Å²) in [6, 6.07) is 10.2. The predicted molar refractivity (Wildman–Crippen MR) is 154 cm³/mol. The van der Waals surface area contributed by atoms with E-state index in [0.29, 0.717) is 24.9 Å². The maximum atomic E-state index is 13.1. The number of fused-ring (bicyclic) bond motifs is 2. The van der Waals surface area contributed by atoms with E-state index >= 15 is 0 Å². The molecule has 5 rings (SSSR count). The molecule has 42 heavy (non-hydrogen) atoms. The van der Waals surface area contributed by atoms with Crippen molar-refractivity contribution in [3.63, 3.8) is 0 Å². The highest BCUT2D eigenvalue weighted by atomic mass is 35.5. The van der Waals surface area contributed by atoms with Crippen LogP contribution in [0.4, 0.5) is 4.39 Å². The highest BCUT2D eigenvalue weighted by Crippen LogP contribution is 2.35. The first kappa shape index (κ1) is 30.6. The molecule has 1 atom stereocenters. The molecule has 0 bridgehead atoms. The standard InChI is InChI=1S/C22H19ClN4O5.C7H7ClFN/c1-3-8-32-22(31)13-4-5-14-12(11(13)2)6-7-15(14)25-20(28)17-9-16(21(29)30)24-19-10-18(23)26-27(17)19;8-6-3-5(4-10)1-2-7(6)9/h3-5,9-10,15H,1,6-8H2,2H3,(H,25,28)(H,29,30);1-3H,4,10H2/t15-;/m0./s1. The third-order valence-corrected chi connectivity index (χ3v) is 7.09. The van der Waals surface area contributed by atoms with Gasteiger partial charge in [0.25, 0.3) is 5.91 Å². The highest BCUT2D eigenvalue weighted by Gasteiger charge is 2.29. The molecule has 0 spiro atoms. The zero-order chi connectivity index (χ0) is 30.6. The SMILES string of the molecule is C=CCOC(=O)c1ccc2c(c1C)CC[C@@H]2NC(=O)c1cc(C(=O)O)nc2cc(Cl)nn12.NCc1ccc(F)c(Cl)c1. The number of esters is 1. The largest absolute Gasteiger partial charge is 0.477 e. The van der Waals surface area contributed by atoms with Crippen LogP contribution in [0, 0.1) is 12.7 Å². The Morgan fingerprint density at radius 1 is 1.24 bits per heavy atom. The van der Waals surface area contributed by atoms with Gasteiger partial charge in [-0.2, -0.15) is 5.10 Å². The van der Waals surface area contributed by atoms with Crippen molar-refractivity contribution in [1.29, 1.82) is 0 Å². The van der Waals surface area contributed by atoms with E-state index in [1.54, 1.807) is 18.2 Å². The molecule has 0 radical (unpaired) electrons. The second-order valence-electron chi connectivity index (χ2n) is 9.28. The fraction of sp³-hybridized carbons (Fsp3) is 0.207. The number of carbonyl (C=O) groups excluding carboxylic acids is 2. The number of halogens is 3. The van der Waals surface area contributed by atoms with Gasteiger partial charge in [0.1, 0.15) is 18.1 Å². The lowest BCUT2D eigenvalue weighted by atomic mass is 9.98. The van der Waals surface area contributed by atoms with Crippen LogP contribution in [0.2, 0.25) is 10.2 Å². The van der Waals surface area contributed by atoms with Gasteiger partial charge in [0, 0.05) is 18.7 Å². The van der Waals surface area contributed by atoms with Crippen LogP contribution < -0.4 is 11.1 Å². The minimum atomic E-state index is -1.27. The minimum absolute atomic E-state index is 0.00842. The summed E-state index contributed by atoms with van der Waals surface area (Å²) >= 11 is 11.4. The van der Waals surface area contributed by atoms with E-state index in [1.165, 1.54) is 28.8 Å². The maximum Gasteiger partial charge on any atom is 0.354 e. The van der Waals surface area contributed by atoms with Gasteiger partial charge in [-0.05, 0) is 60.2 Å². The van der Waals surface area contributed by atoms with Crippen molar-refractivity contribution in [1.82, 2.24) is 19.9 Å². The van der Waals surface area contributed by atoms with Gasteiger partial charge in [-0.25, -0.2) is 23.5 Å². The molecule has 1 aliphatic rings. The van der Waals surface area contributed by atoms with Crippen molar-refractivity contribution in [3.05, 3.63) is 110 Å². The van der Waals surface area contributed by atoms with Gasteiger partial charge in [-0.15, -0.1) is 0 Å². The van der Waals surface area contributed by atoms with Gasteiger partial charge in [0.05, 0.1) is 16.6 Å². The van der Waals surface area contributed by atoms with Gasteiger partial charge in [-0.1, -0.05) is 48.0 Å². The summed E-state index contributed by atoms with van der Waals surface area (Å²) < 4.78 is 18.8. The Hall–Kier alpha value is -4.32. The normalized spacial score (nSPS) is 13.6. The van der Waals surface area contributed by atoms with E-state index in [4.69, 9.17) is 33.7 Å². The monoisotopic (exact) mass is 613 g/mol. The molecule has 2 aromatic carbocycles. The number of hydrogen-bond donors (Lipinski definition) is 3. The Balaban J connectivity index is 0.000000343. The van der Waals surface area contributed by atoms with Crippen LogP contribution in [0.1, 0.15) is 66.1 Å². The van der Waals surface area contributed by atoms with Crippen LogP contribution in [0.5, 0.6) is 0 Å². The van der Waals surface area contributed by atoms with Crippen LogP contribution in [-0.4, -0.2) is 44.2 Å². The second-order valence-corrected chi connectivity index (χ2v) is 10.1. The van der Waals surface area contributed by atoms with Gasteiger partial charge in [-0.3, -0.25) is 4.79 Å². The first-order chi connectivity index (χ1) is 20.0. The molecule has 2 aromatic heterocycles. The van der Waals surface area contributed by atoms with Crippen LogP contribution in [0.15, 0.2) is 55.1 Å². The number of carboxylic acids is 1. The lowest BCUT2D eigenvalue weighted by Crippen LogP contribution is -2.29. The van der Waals surface area contributed by atoms with Crippen LogP contribution >= 0.6 is 23.2 Å². The summed E-state index contributed by atoms with van der Waals surface area (Å²) in [6.07, 6.45) is 2.81. The molecule has 1 amide bonds. The fourth-order valence-corrected chi connectivity index (χ4v) is 4.96. The van der Waals surface area contributed by atoms with Crippen molar-refractivity contribution in [2.24, 2.45) is 5.73 Å². The summed E-state index contributed by atoms with van der Waals surface area (Å²) in [4.78, 5) is 40.7. The zero-order valence-electron chi connectivity index (χ0n) is 22.4. The van der Waals surface area contributed by atoms with E-state index in [-0.39, 0.29) is 39.9 Å². The molecular weight excluding hydrogens is 588 g/mol. The Morgan fingerprint density at radius 3 is 2.67 bits per heavy atom. The number of benzene rings is 2. The smallest absolute Gasteiger partial charge is 0.354 e. The van der Waals surface area contributed by atoms with Crippen molar-refractivity contribution in [2.75, 3.05) is 6.61 Å². The van der Waals surface area contributed by atoms with Crippen molar-refractivity contribution in [2.45, 2.75) is 32.4 Å². The van der Waals surface area contributed by atoms with Gasteiger partial charge < -0.3 is 20.9 Å². The quantitative estimate of drug-likeness (QED) is 0.193. The lowest BCUT2D eigenvalue weighted by molar-refractivity contribution is 0.0548. The molecule has 218 valence electrons. The molecule has 0 unspecified atom stereocenters. The molecule has 0 saturated carbocycles. The van der Waals surface area contributed by atoms with E-state index in [0.717, 1.165) is 28.3 Å². The molecule has 0 saturated heterocycles. The molecular formula is C29H26Cl2FN5O5. The first-order valence-corrected chi connectivity index (χ1v) is 13.4. The number of nitrogens with one attached hydrogen (secondary N) is 1. The summed E-state index contributed by atoms with van der Waals surface area (Å²) in [6.45, 7) is 5.91. The summed E-state index contributed by atoms with van der Waals surface area (Å²) in [5.74, 6) is -2.60. The molecule has 4 aromatic rings. The van der Waals surface area contributed by atoms with E-state index in [1.807, 2.05) is 6.92 Å². The molecule has 13 heteroatoms. The van der Waals surface area contributed by atoms with Crippen molar-refractivity contribution >= 4 is 46.7 Å². The number of hydrogen-bond acceptors (Lipinski definition) is 7. The molecule has 1 aliphatic carbocycles. The summed E-state index contributed by atoms with van der Waals surface area (Å²) in [5, 5.41) is 16.5. The van der Waals surface area contributed by atoms with Gasteiger partial charge >= 0.3 is 11.9 Å². The number of rotatable bonds is 7.